The van der Waals surface area contributed by atoms with Crippen LogP contribution >= 0.6 is 0 Å². The molecule has 1 fully saturated rings. The molecule has 1 aromatic heterocycles. The summed E-state index contributed by atoms with van der Waals surface area (Å²) in [4.78, 5) is 29.5. The first-order valence-corrected chi connectivity index (χ1v) is 6.97. The standard InChI is InChI=1S/C13H20N4O4/c18-12(19)11(5-10-6-14-8-16-10)17-13(20)15-3-1-9-2-4-21-7-9/h6,8-9,11H,1-5,7H2,(H,14,16)(H,18,19)(H2,15,17,20)/t9?,11-/m1/s1. The van der Waals surface area contributed by atoms with E-state index in [1.54, 1.807) is 0 Å². The fourth-order valence-electron chi connectivity index (χ4n) is 2.23. The van der Waals surface area contributed by atoms with Crippen LogP contribution in [0.5, 0.6) is 0 Å². The number of nitrogens with one attached hydrogen (secondary N) is 3. The van der Waals surface area contributed by atoms with Crippen molar-refractivity contribution in [3.05, 3.63) is 18.2 Å². The second kappa shape index (κ2) is 7.63. The van der Waals surface area contributed by atoms with E-state index in [0.717, 1.165) is 26.1 Å². The van der Waals surface area contributed by atoms with Gasteiger partial charge in [-0.3, -0.25) is 0 Å². The summed E-state index contributed by atoms with van der Waals surface area (Å²) in [7, 11) is 0. The van der Waals surface area contributed by atoms with E-state index >= 15 is 0 Å². The summed E-state index contributed by atoms with van der Waals surface area (Å²) in [5.74, 6) is -0.602. The molecule has 8 nitrogen and oxygen atoms in total. The van der Waals surface area contributed by atoms with Gasteiger partial charge in [0.25, 0.3) is 0 Å². The third-order valence-corrected chi connectivity index (χ3v) is 3.44. The largest absolute Gasteiger partial charge is 0.480 e. The quantitative estimate of drug-likeness (QED) is 0.571. The van der Waals surface area contributed by atoms with Crippen LogP contribution in [0, 0.1) is 5.92 Å². The normalized spacial score (nSPS) is 19.1. The van der Waals surface area contributed by atoms with Crippen LogP contribution in [0.2, 0.25) is 0 Å². The van der Waals surface area contributed by atoms with Gasteiger partial charge in [0, 0.05) is 38.1 Å². The monoisotopic (exact) mass is 296 g/mol. The molecule has 21 heavy (non-hydrogen) atoms. The van der Waals surface area contributed by atoms with Gasteiger partial charge in [0.05, 0.1) is 6.33 Å². The number of carbonyl (C=O) groups excluding carboxylic acids is 1. The van der Waals surface area contributed by atoms with Crippen LogP contribution in [0.4, 0.5) is 4.79 Å². The Hall–Kier alpha value is -2.09. The van der Waals surface area contributed by atoms with E-state index in [9.17, 15) is 9.59 Å². The number of rotatable bonds is 7. The lowest BCUT2D eigenvalue weighted by Gasteiger charge is -2.15. The van der Waals surface area contributed by atoms with Gasteiger partial charge in [-0.2, -0.15) is 0 Å². The van der Waals surface area contributed by atoms with Gasteiger partial charge < -0.3 is 25.5 Å². The lowest BCUT2D eigenvalue weighted by Crippen LogP contribution is -2.47. The number of aliphatic carboxylic acids is 1. The van der Waals surface area contributed by atoms with Gasteiger partial charge in [-0.15, -0.1) is 0 Å². The van der Waals surface area contributed by atoms with Crippen molar-refractivity contribution in [2.75, 3.05) is 19.8 Å². The van der Waals surface area contributed by atoms with Gasteiger partial charge in [-0.05, 0) is 18.8 Å². The number of ether oxygens (including phenoxy) is 1. The molecule has 0 bridgehead atoms. The van der Waals surface area contributed by atoms with E-state index in [1.165, 1.54) is 12.5 Å². The van der Waals surface area contributed by atoms with Crippen molar-refractivity contribution in [2.45, 2.75) is 25.3 Å². The summed E-state index contributed by atoms with van der Waals surface area (Å²) in [5.41, 5.74) is 0.658. The van der Waals surface area contributed by atoms with Crippen molar-refractivity contribution in [1.82, 2.24) is 20.6 Å². The average Bonchev–Trinajstić information content (AvgIpc) is 3.10. The molecule has 2 rings (SSSR count). The number of carbonyl (C=O) groups is 2. The highest BCUT2D eigenvalue weighted by Crippen LogP contribution is 2.15. The summed E-state index contributed by atoms with van der Waals surface area (Å²) in [6, 6.07) is -1.46. The number of amides is 2. The van der Waals surface area contributed by atoms with Crippen LogP contribution < -0.4 is 10.6 Å². The Labute approximate surface area is 122 Å². The van der Waals surface area contributed by atoms with Crippen LogP contribution in [0.3, 0.4) is 0 Å². The maximum atomic E-state index is 11.7. The molecule has 1 unspecified atom stereocenters. The number of hydrogen-bond acceptors (Lipinski definition) is 4. The zero-order valence-electron chi connectivity index (χ0n) is 11.7. The third-order valence-electron chi connectivity index (χ3n) is 3.44. The Bertz CT molecular complexity index is 457. The van der Waals surface area contributed by atoms with Crippen molar-refractivity contribution in [3.8, 4) is 0 Å². The predicted octanol–water partition coefficient (Wildman–Crippen LogP) is 0.131. The van der Waals surface area contributed by atoms with Gasteiger partial charge in [-0.1, -0.05) is 0 Å². The lowest BCUT2D eigenvalue weighted by molar-refractivity contribution is -0.139. The number of nitrogens with zero attached hydrogens (tertiary/aromatic N) is 1. The van der Waals surface area contributed by atoms with Crippen molar-refractivity contribution in [2.24, 2.45) is 5.92 Å². The first-order chi connectivity index (χ1) is 10.1. The highest BCUT2D eigenvalue weighted by Gasteiger charge is 2.21. The zero-order valence-corrected chi connectivity index (χ0v) is 11.7. The molecule has 0 spiro atoms. The molecule has 4 N–H and O–H groups in total. The van der Waals surface area contributed by atoms with Gasteiger partial charge in [-0.25, -0.2) is 14.6 Å². The van der Waals surface area contributed by atoms with Gasteiger partial charge in [0.15, 0.2) is 0 Å². The van der Waals surface area contributed by atoms with E-state index in [4.69, 9.17) is 9.84 Å². The van der Waals surface area contributed by atoms with Crippen molar-refractivity contribution >= 4 is 12.0 Å². The Morgan fingerprint density at radius 1 is 1.57 bits per heavy atom. The molecule has 2 atom stereocenters. The minimum Gasteiger partial charge on any atom is -0.480 e. The Morgan fingerprint density at radius 3 is 3.05 bits per heavy atom. The molecule has 1 aromatic rings. The Kier molecular flexibility index (Phi) is 5.56. The molecule has 8 heteroatoms. The maximum absolute atomic E-state index is 11.7. The fraction of sp³-hybridized carbons (Fsp3) is 0.615. The van der Waals surface area contributed by atoms with Crippen molar-refractivity contribution < 1.29 is 19.4 Å². The Balaban J connectivity index is 1.71. The molecule has 2 heterocycles. The molecule has 1 aliphatic rings. The van der Waals surface area contributed by atoms with Gasteiger partial charge >= 0.3 is 12.0 Å². The number of H-pyrrole nitrogens is 1. The van der Waals surface area contributed by atoms with Crippen molar-refractivity contribution in [1.29, 1.82) is 0 Å². The third kappa shape index (κ3) is 5.07. The number of carboxylic acids is 1. The minimum atomic E-state index is -1.08. The molecule has 1 saturated heterocycles. The first-order valence-electron chi connectivity index (χ1n) is 6.97. The van der Waals surface area contributed by atoms with Gasteiger partial charge in [0.2, 0.25) is 0 Å². The summed E-state index contributed by atoms with van der Waals surface area (Å²) >= 11 is 0. The number of urea groups is 1. The summed E-state index contributed by atoms with van der Waals surface area (Å²) in [6.45, 7) is 2.03. The summed E-state index contributed by atoms with van der Waals surface area (Å²) < 4.78 is 5.25. The smallest absolute Gasteiger partial charge is 0.326 e. The van der Waals surface area contributed by atoms with Crippen LogP contribution in [-0.2, 0) is 16.0 Å². The molecule has 0 aliphatic carbocycles. The number of carboxylic acid groups (broad SMARTS) is 1. The SMILES string of the molecule is O=C(NCCC1CCOC1)N[C@H](Cc1cnc[nH]1)C(=O)O. The fourth-order valence-corrected chi connectivity index (χ4v) is 2.23. The van der Waals surface area contributed by atoms with E-state index in [2.05, 4.69) is 20.6 Å². The second-order valence-corrected chi connectivity index (χ2v) is 5.09. The second-order valence-electron chi connectivity index (χ2n) is 5.09. The van der Waals surface area contributed by atoms with Crippen LogP contribution in [-0.4, -0.2) is 52.9 Å². The summed E-state index contributed by atoms with van der Waals surface area (Å²) in [5, 5.41) is 14.3. The number of imidazole rings is 1. The zero-order chi connectivity index (χ0) is 15.1. The highest BCUT2D eigenvalue weighted by molar-refractivity contribution is 5.82. The van der Waals surface area contributed by atoms with E-state index in [0.29, 0.717) is 18.2 Å². The van der Waals surface area contributed by atoms with Crippen LogP contribution in [0.15, 0.2) is 12.5 Å². The molecule has 0 saturated carbocycles. The van der Waals surface area contributed by atoms with Crippen LogP contribution in [0.25, 0.3) is 0 Å². The average molecular weight is 296 g/mol. The topological polar surface area (TPSA) is 116 Å². The molecule has 2 amide bonds. The first kappa shape index (κ1) is 15.3. The predicted molar refractivity (Wildman–Crippen MR) is 73.8 cm³/mol. The Morgan fingerprint density at radius 2 is 2.43 bits per heavy atom. The molecule has 116 valence electrons. The van der Waals surface area contributed by atoms with E-state index in [1.807, 2.05) is 0 Å². The number of aromatic amines is 1. The molecule has 1 aliphatic heterocycles. The number of aromatic nitrogens is 2. The number of hydrogen-bond donors (Lipinski definition) is 4. The molecular weight excluding hydrogens is 276 g/mol. The highest BCUT2D eigenvalue weighted by atomic mass is 16.5. The molecule has 0 radical (unpaired) electrons. The van der Waals surface area contributed by atoms with Gasteiger partial charge in [0.1, 0.15) is 6.04 Å². The minimum absolute atomic E-state index is 0.166. The summed E-state index contributed by atoms with van der Waals surface area (Å²) in [6.07, 6.45) is 5.03. The van der Waals surface area contributed by atoms with Crippen LogP contribution in [0.1, 0.15) is 18.5 Å². The van der Waals surface area contributed by atoms with E-state index in [-0.39, 0.29) is 6.42 Å². The maximum Gasteiger partial charge on any atom is 0.326 e. The molecule has 0 aromatic carbocycles. The lowest BCUT2D eigenvalue weighted by atomic mass is 10.1. The van der Waals surface area contributed by atoms with E-state index < -0.39 is 18.0 Å². The molecular formula is C13H20N4O4. The van der Waals surface area contributed by atoms with Crippen molar-refractivity contribution in [3.63, 3.8) is 0 Å².